The molecule has 0 aromatic rings. The lowest BCUT2D eigenvalue weighted by Gasteiger charge is -2.24. The van der Waals surface area contributed by atoms with E-state index in [4.69, 9.17) is 22.3 Å². The molecule has 8 N–H and O–H groups in total. The first kappa shape index (κ1) is 29.7. The molecular weight excluding hydrogens is 456 g/mol. The number of amides is 4. The van der Waals surface area contributed by atoms with E-state index in [2.05, 4.69) is 10.6 Å². The van der Waals surface area contributed by atoms with Gasteiger partial charge in [0.15, 0.2) is 11.9 Å². The van der Waals surface area contributed by atoms with Gasteiger partial charge in [0.25, 0.3) is 0 Å². The zero-order valence-electron chi connectivity index (χ0n) is 22.2. The standard InChI is InChI=1S/C26H50N8O2/c27-23(28)33(25(35)31-19-21-13-7-1-2-8-14-21)17-11-5-6-12-18-34(24(29)30)26(36)32-20-22-15-9-3-4-10-16-22/h21-22H,1-20H2,(H3,27,28)(H3,29,30)(H,31,35)(H,32,36). The minimum atomic E-state index is -0.292. The second kappa shape index (κ2) is 17.0. The van der Waals surface area contributed by atoms with Gasteiger partial charge in [0.1, 0.15) is 0 Å². The molecule has 0 radical (unpaired) electrons. The van der Waals surface area contributed by atoms with E-state index in [0.717, 1.165) is 38.5 Å². The number of guanidine groups is 2. The van der Waals surface area contributed by atoms with Crippen LogP contribution in [0, 0.1) is 22.7 Å². The van der Waals surface area contributed by atoms with Crippen molar-refractivity contribution in [2.75, 3.05) is 26.2 Å². The van der Waals surface area contributed by atoms with Gasteiger partial charge in [-0.3, -0.25) is 20.6 Å². The summed E-state index contributed by atoms with van der Waals surface area (Å²) in [7, 11) is 0. The van der Waals surface area contributed by atoms with E-state index < -0.39 is 0 Å². The lowest BCUT2D eigenvalue weighted by Crippen LogP contribution is -2.48. The summed E-state index contributed by atoms with van der Waals surface area (Å²) < 4.78 is 0. The fourth-order valence-electron chi connectivity index (χ4n) is 5.35. The summed E-state index contributed by atoms with van der Waals surface area (Å²) in [5, 5.41) is 21.5. The molecule has 0 aromatic carbocycles. The van der Waals surface area contributed by atoms with Crippen molar-refractivity contribution in [2.24, 2.45) is 23.3 Å². The second-order valence-corrected chi connectivity index (χ2v) is 10.6. The van der Waals surface area contributed by atoms with Gasteiger partial charge in [-0.25, -0.2) is 9.59 Å². The normalized spacial score (nSPS) is 17.4. The first-order valence-electron chi connectivity index (χ1n) is 14.2. The molecule has 0 aromatic heterocycles. The van der Waals surface area contributed by atoms with Crippen molar-refractivity contribution in [3.05, 3.63) is 0 Å². The fourth-order valence-corrected chi connectivity index (χ4v) is 5.35. The topological polar surface area (TPSA) is 164 Å². The number of nitrogens with zero attached hydrogens (tertiary/aromatic N) is 2. The molecular formula is C26H50N8O2. The highest BCUT2D eigenvalue weighted by Gasteiger charge is 2.20. The molecule has 0 bridgehead atoms. The van der Waals surface area contributed by atoms with E-state index in [1.807, 2.05) is 0 Å². The third-order valence-corrected chi connectivity index (χ3v) is 7.62. The molecule has 4 amide bonds. The number of urea groups is 2. The van der Waals surface area contributed by atoms with Crippen LogP contribution in [0.5, 0.6) is 0 Å². The largest absolute Gasteiger partial charge is 0.370 e. The molecule has 2 saturated carbocycles. The van der Waals surface area contributed by atoms with Gasteiger partial charge in [-0.05, 0) is 50.4 Å². The SMILES string of the molecule is N=C(N)N(CCCCCCN(C(=N)N)C(=O)NCC1CCCCCC1)C(=O)NCC1CCCCCC1. The van der Waals surface area contributed by atoms with Crippen molar-refractivity contribution in [1.82, 2.24) is 20.4 Å². The van der Waals surface area contributed by atoms with Crippen molar-refractivity contribution >= 4 is 24.0 Å². The van der Waals surface area contributed by atoms with Crippen molar-refractivity contribution in [1.29, 1.82) is 10.8 Å². The van der Waals surface area contributed by atoms with Crippen LogP contribution in [0.25, 0.3) is 0 Å². The van der Waals surface area contributed by atoms with Crippen molar-refractivity contribution in [2.45, 2.75) is 103 Å². The molecule has 2 rings (SSSR count). The number of rotatable bonds is 11. The second-order valence-electron chi connectivity index (χ2n) is 10.6. The van der Waals surface area contributed by atoms with E-state index >= 15 is 0 Å². The highest BCUT2D eigenvalue weighted by atomic mass is 16.2. The number of hydrogen-bond acceptors (Lipinski definition) is 4. The number of nitrogens with one attached hydrogen (secondary N) is 4. The quantitative estimate of drug-likeness (QED) is 0.107. The van der Waals surface area contributed by atoms with Gasteiger partial charge in [0.2, 0.25) is 0 Å². The molecule has 206 valence electrons. The molecule has 0 heterocycles. The molecule has 0 atom stereocenters. The maximum atomic E-state index is 12.6. The summed E-state index contributed by atoms with van der Waals surface area (Å²) in [6.45, 7) is 2.08. The summed E-state index contributed by atoms with van der Waals surface area (Å²) in [4.78, 5) is 27.8. The van der Waals surface area contributed by atoms with Gasteiger partial charge in [0.05, 0.1) is 0 Å². The molecule has 10 heteroatoms. The Kier molecular flexibility index (Phi) is 14.1. The zero-order valence-corrected chi connectivity index (χ0v) is 22.2. The fraction of sp³-hybridized carbons (Fsp3) is 0.846. The van der Waals surface area contributed by atoms with Crippen LogP contribution in [0.3, 0.4) is 0 Å². The number of hydrogen-bond donors (Lipinski definition) is 6. The van der Waals surface area contributed by atoms with Crippen LogP contribution in [0.2, 0.25) is 0 Å². The van der Waals surface area contributed by atoms with Crippen molar-refractivity contribution in [3.63, 3.8) is 0 Å². The molecule has 0 unspecified atom stereocenters. The van der Waals surface area contributed by atoms with Gasteiger partial charge < -0.3 is 22.1 Å². The average molecular weight is 507 g/mol. The van der Waals surface area contributed by atoms with Crippen LogP contribution in [-0.2, 0) is 0 Å². The van der Waals surface area contributed by atoms with Gasteiger partial charge in [-0.2, -0.15) is 0 Å². The van der Waals surface area contributed by atoms with E-state index in [0.29, 0.717) is 50.9 Å². The van der Waals surface area contributed by atoms with Crippen LogP contribution in [-0.4, -0.2) is 60.0 Å². The molecule has 0 aliphatic heterocycles. The predicted octanol–water partition coefficient (Wildman–Crippen LogP) is 4.30. The summed E-state index contributed by atoms with van der Waals surface area (Å²) >= 11 is 0. The maximum Gasteiger partial charge on any atom is 0.324 e. The number of carbonyl (C=O) groups is 2. The molecule has 10 nitrogen and oxygen atoms in total. The van der Waals surface area contributed by atoms with E-state index in [-0.39, 0.29) is 24.0 Å². The minimum absolute atomic E-state index is 0.235. The van der Waals surface area contributed by atoms with E-state index in [1.54, 1.807) is 0 Å². The van der Waals surface area contributed by atoms with Crippen LogP contribution in [0.4, 0.5) is 9.59 Å². The van der Waals surface area contributed by atoms with Gasteiger partial charge in [0, 0.05) is 26.2 Å². The highest BCUT2D eigenvalue weighted by molar-refractivity contribution is 5.94. The Morgan fingerprint density at radius 3 is 1.25 bits per heavy atom. The zero-order chi connectivity index (χ0) is 26.2. The molecule has 2 aliphatic rings. The van der Waals surface area contributed by atoms with Crippen LogP contribution < -0.4 is 22.1 Å². The van der Waals surface area contributed by atoms with Gasteiger partial charge in [-0.15, -0.1) is 0 Å². The van der Waals surface area contributed by atoms with Gasteiger partial charge >= 0.3 is 12.1 Å². The Balaban J connectivity index is 1.64. The Labute approximate surface area is 217 Å². The molecule has 0 spiro atoms. The van der Waals surface area contributed by atoms with E-state index in [1.165, 1.54) is 61.2 Å². The number of unbranched alkanes of at least 4 members (excludes halogenated alkanes) is 3. The minimum Gasteiger partial charge on any atom is -0.370 e. The summed E-state index contributed by atoms with van der Waals surface area (Å²) in [5.74, 6) is 0.556. The predicted molar refractivity (Wildman–Crippen MR) is 145 cm³/mol. The van der Waals surface area contributed by atoms with Crippen LogP contribution >= 0.6 is 0 Å². The molecule has 0 saturated heterocycles. The summed E-state index contributed by atoms with van der Waals surface area (Å²) in [5.41, 5.74) is 11.3. The smallest absolute Gasteiger partial charge is 0.324 e. The first-order valence-corrected chi connectivity index (χ1v) is 14.2. The first-order chi connectivity index (χ1) is 17.4. The summed E-state index contributed by atoms with van der Waals surface area (Å²) in [6, 6.07) is -0.584. The number of nitrogens with two attached hydrogens (primary N) is 2. The lowest BCUT2D eigenvalue weighted by atomic mass is 10.0. The average Bonchev–Trinajstić information content (AvgIpc) is 3.27. The Bertz CT molecular complexity index is 627. The van der Waals surface area contributed by atoms with Crippen molar-refractivity contribution in [3.8, 4) is 0 Å². The maximum absolute atomic E-state index is 12.6. The molecule has 36 heavy (non-hydrogen) atoms. The van der Waals surface area contributed by atoms with E-state index in [9.17, 15) is 9.59 Å². The molecule has 2 fully saturated rings. The van der Waals surface area contributed by atoms with Crippen LogP contribution in [0.1, 0.15) is 103 Å². The third-order valence-electron chi connectivity index (χ3n) is 7.62. The molecule has 2 aliphatic carbocycles. The highest BCUT2D eigenvalue weighted by Crippen LogP contribution is 2.23. The van der Waals surface area contributed by atoms with Gasteiger partial charge in [-0.1, -0.05) is 64.2 Å². The summed E-state index contributed by atoms with van der Waals surface area (Å²) in [6.07, 6.45) is 17.7. The van der Waals surface area contributed by atoms with Crippen molar-refractivity contribution < 1.29 is 9.59 Å². The Morgan fingerprint density at radius 1 is 0.611 bits per heavy atom. The Morgan fingerprint density at radius 2 is 0.944 bits per heavy atom. The monoisotopic (exact) mass is 506 g/mol. The lowest BCUT2D eigenvalue weighted by molar-refractivity contribution is 0.214. The Hall–Kier alpha value is -2.52. The third kappa shape index (κ3) is 11.5. The van der Waals surface area contributed by atoms with Crippen LogP contribution in [0.15, 0.2) is 0 Å². The number of carbonyl (C=O) groups excluding carboxylic acids is 2.